The predicted molar refractivity (Wildman–Crippen MR) is 44.1 cm³/mol. The Bertz CT molecular complexity index is 381. The normalized spacial score (nSPS) is 8.92. The second-order valence-electron chi connectivity index (χ2n) is 2.42. The molecule has 0 unspecified atom stereocenters. The molecule has 0 bridgehead atoms. The van der Waals surface area contributed by atoms with E-state index in [0.717, 1.165) is 5.56 Å². The Hall–Kier alpha value is -2.09. The maximum absolute atomic E-state index is 10.5. The Kier molecular flexibility index (Phi) is 2.45. The average molecular weight is 178 g/mol. The van der Waals surface area contributed by atoms with E-state index in [1.54, 1.807) is 13.0 Å². The van der Waals surface area contributed by atoms with Crippen molar-refractivity contribution in [2.45, 2.75) is 6.92 Å². The number of ether oxygens (including phenoxy) is 1. The van der Waals surface area contributed by atoms with Crippen LogP contribution in [0.15, 0.2) is 18.2 Å². The molecule has 0 aliphatic carbocycles. The van der Waals surface area contributed by atoms with Gasteiger partial charge in [-0.05, 0) is 18.6 Å². The van der Waals surface area contributed by atoms with Crippen molar-refractivity contribution in [1.29, 1.82) is 5.26 Å². The van der Waals surface area contributed by atoms with E-state index in [4.69, 9.17) is 5.26 Å². The summed E-state index contributed by atoms with van der Waals surface area (Å²) in [5.74, 6) is -0.0295. The van der Waals surface area contributed by atoms with E-state index >= 15 is 0 Å². The first-order valence-electron chi connectivity index (χ1n) is 3.46. The number of nitro benzene ring substituents is 1. The second-order valence-corrected chi connectivity index (χ2v) is 2.42. The molecule has 1 aromatic carbocycles. The zero-order valence-corrected chi connectivity index (χ0v) is 6.85. The van der Waals surface area contributed by atoms with Gasteiger partial charge in [-0.3, -0.25) is 10.1 Å². The molecule has 0 fully saturated rings. The molecule has 0 aromatic heterocycles. The molecule has 1 rings (SSSR count). The van der Waals surface area contributed by atoms with Crippen LogP contribution in [0, 0.1) is 28.6 Å². The zero-order valence-electron chi connectivity index (χ0n) is 6.85. The fraction of sp³-hybridized carbons (Fsp3) is 0.125. The van der Waals surface area contributed by atoms with Gasteiger partial charge in [0.25, 0.3) is 6.26 Å². The summed E-state index contributed by atoms with van der Waals surface area (Å²) in [6, 6.07) is 4.39. The minimum atomic E-state index is -0.584. The lowest BCUT2D eigenvalue weighted by Crippen LogP contribution is -1.93. The van der Waals surface area contributed by atoms with E-state index in [0.29, 0.717) is 0 Å². The van der Waals surface area contributed by atoms with Crippen molar-refractivity contribution in [3.63, 3.8) is 0 Å². The molecule has 0 saturated carbocycles. The van der Waals surface area contributed by atoms with E-state index in [2.05, 4.69) is 4.74 Å². The molecule has 0 atom stereocenters. The van der Waals surface area contributed by atoms with Crippen LogP contribution in [0.25, 0.3) is 0 Å². The summed E-state index contributed by atoms with van der Waals surface area (Å²) in [6.07, 6.45) is 1.39. The lowest BCUT2D eigenvalue weighted by Gasteiger charge is -1.98. The molecule has 5 heteroatoms. The van der Waals surface area contributed by atoms with Crippen LogP contribution >= 0.6 is 0 Å². The molecule has 66 valence electrons. The molecule has 0 spiro atoms. The van der Waals surface area contributed by atoms with Crippen LogP contribution in [-0.2, 0) is 0 Å². The highest BCUT2D eigenvalue weighted by atomic mass is 16.6. The number of hydrogen-bond donors (Lipinski definition) is 0. The van der Waals surface area contributed by atoms with Gasteiger partial charge in [-0.25, -0.2) is 0 Å². The Balaban J connectivity index is 3.20. The Morgan fingerprint density at radius 1 is 1.62 bits per heavy atom. The minimum Gasteiger partial charge on any atom is -0.381 e. The number of aryl methyl sites for hydroxylation is 1. The quantitative estimate of drug-likeness (QED) is 0.392. The van der Waals surface area contributed by atoms with Crippen LogP contribution in [-0.4, -0.2) is 4.92 Å². The van der Waals surface area contributed by atoms with Crippen LogP contribution in [0.1, 0.15) is 5.56 Å². The van der Waals surface area contributed by atoms with Gasteiger partial charge < -0.3 is 4.74 Å². The summed E-state index contributed by atoms with van der Waals surface area (Å²) >= 11 is 0. The van der Waals surface area contributed by atoms with Crippen molar-refractivity contribution < 1.29 is 9.66 Å². The van der Waals surface area contributed by atoms with Gasteiger partial charge in [-0.2, -0.15) is 0 Å². The summed E-state index contributed by atoms with van der Waals surface area (Å²) < 4.78 is 4.42. The van der Waals surface area contributed by atoms with Crippen molar-refractivity contribution in [1.82, 2.24) is 0 Å². The number of nitriles is 1. The first kappa shape index (κ1) is 9.00. The van der Waals surface area contributed by atoms with Gasteiger partial charge in [0.1, 0.15) is 0 Å². The molecule has 0 aliphatic rings. The number of benzene rings is 1. The minimum absolute atomic E-state index is 0.0295. The molecular weight excluding hydrogens is 172 g/mol. The smallest absolute Gasteiger partial charge is 0.313 e. The van der Waals surface area contributed by atoms with Crippen LogP contribution in [0.4, 0.5) is 5.69 Å². The standard InChI is InChI=1S/C8H6N2O3/c1-6-2-3-8(13-5-9)7(4-6)10(11)12/h2-4H,1H3. The van der Waals surface area contributed by atoms with Crippen LogP contribution in [0.2, 0.25) is 0 Å². The van der Waals surface area contributed by atoms with E-state index in [1.807, 2.05) is 0 Å². The van der Waals surface area contributed by atoms with E-state index in [1.165, 1.54) is 18.4 Å². The average Bonchev–Trinajstić information content (AvgIpc) is 2.08. The third-order valence-corrected chi connectivity index (χ3v) is 1.47. The summed E-state index contributed by atoms with van der Waals surface area (Å²) in [4.78, 5) is 9.88. The number of hydrogen-bond acceptors (Lipinski definition) is 4. The van der Waals surface area contributed by atoms with Gasteiger partial charge in [0, 0.05) is 6.07 Å². The van der Waals surface area contributed by atoms with Gasteiger partial charge in [-0.15, -0.1) is 5.26 Å². The maximum atomic E-state index is 10.5. The summed E-state index contributed by atoms with van der Waals surface area (Å²) in [7, 11) is 0. The van der Waals surface area contributed by atoms with Crippen LogP contribution in [0.3, 0.4) is 0 Å². The predicted octanol–water partition coefficient (Wildman–Crippen LogP) is 1.76. The summed E-state index contributed by atoms with van der Waals surface area (Å²) in [6.45, 7) is 1.73. The largest absolute Gasteiger partial charge is 0.381 e. The van der Waals surface area contributed by atoms with Gasteiger partial charge in [-0.1, -0.05) is 6.07 Å². The molecule has 0 amide bonds. The van der Waals surface area contributed by atoms with E-state index in [-0.39, 0.29) is 11.4 Å². The third-order valence-electron chi connectivity index (χ3n) is 1.47. The molecule has 13 heavy (non-hydrogen) atoms. The topological polar surface area (TPSA) is 76.2 Å². The Morgan fingerprint density at radius 3 is 2.85 bits per heavy atom. The third kappa shape index (κ3) is 1.93. The van der Waals surface area contributed by atoms with Gasteiger partial charge >= 0.3 is 5.69 Å². The highest BCUT2D eigenvalue weighted by molar-refractivity contribution is 5.48. The first-order valence-corrected chi connectivity index (χ1v) is 3.46. The van der Waals surface area contributed by atoms with Crippen molar-refractivity contribution in [2.75, 3.05) is 0 Å². The lowest BCUT2D eigenvalue weighted by molar-refractivity contribution is -0.385. The second kappa shape index (κ2) is 3.54. The van der Waals surface area contributed by atoms with Crippen molar-refractivity contribution in [3.8, 4) is 12.0 Å². The lowest BCUT2D eigenvalue weighted by atomic mass is 10.2. The van der Waals surface area contributed by atoms with E-state index < -0.39 is 4.92 Å². The molecule has 0 aliphatic heterocycles. The fourth-order valence-corrected chi connectivity index (χ4v) is 0.906. The van der Waals surface area contributed by atoms with Gasteiger partial charge in [0.2, 0.25) is 5.75 Å². The number of nitrogens with zero attached hydrogens (tertiary/aromatic N) is 2. The maximum Gasteiger partial charge on any atom is 0.313 e. The number of rotatable bonds is 2. The Morgan fingerprint density at radius 2 is 2.31 bits per heavy atom. The van der Waals surface area contributed by atoms with E-state index in [9.17, 15) is 10.1 Å². The molecular formula is C8H6N2O3. The molecule has 1 aromatic rings. The van der Waals surface area contributed by atoms with Gasteiger partial charge in [0.05, 0.1) is 4.92 Å². The highest BCUT2D eigenvalue weighted by Gasteiger charge is 2.14. The van der Waals surface area contributed by atoms with Crippen molar-refractivity contribution >= 4 is 5.69 Å². The molecule has 0 heterocycles. The van der Waals surface area contributed by atoms with Gasteiger partial charge in [0.15, 0.2) is 0 Å². The summed E-state index contributed by atoms with van der Waals surface area (Å²) in [5, 5.41) is 18.7. The number of nitro groups is 1. The van der Waals surface area contributed by atoms with Crippen molar-refractivity contribution in [2.24, 2.45) is 0 Å². The first-order chi connectivity index (χ1) is 6.15. The van der Waals surface area contributed by atoms with Crippen LogP contribution in [0.5, 0.6) is 5.75 Å². The molecule has 0 radical (unpaired) electrons. The highest BCUT2D eigenvalue weighted by Crippen LogP contribution is 2.27. The van der Waals surface area contributed by atoms with Crippen molar-refractivity contribution in [3.05, 3.63) is 33.9 Å². The molecule has 5 nitrogen and oxygen atoms in total. The Labute approximate surface area is 74.3 Å². The summed E-state index contributed by atoms with van der Waals surface area (Å²) in [5.41, 5.74) is 0.554. The fourth-order valence-electron chi connectivity index (χ4n) is 0.906. The molecule has 0 saturated heterocycles. The monoisotopic (exact) mass is 178 g/mol. The zero-order chi connectivity index (χ0) is 9.84. The van der Waals surface area contributed by atoms with Crippen LogP contribution < -0.4 is 4.74 Å². The molecule has 0 N–H and O–H groups in total. The SMILES string of the molecule is Cc1ccc(OC#N)c([N+](=O)[O-])c1.